The highest BCUT2D eigenvalue weighted by Crippen LogP contribution is 2.25. The van der Waals surface area contributed by atoms with E-state index >= 15 is 0 Å². The number of hydrogen-bond acceptors (Lipinski definition) is 4. The van der Waals surface area contributed by atoms with Crippen LogP contribution < -0.4 is 5.32 Å². The molecule has 0 saturated heterocycles. The summed E-state index contributed by atoms with van der Waals surface area (Å²) in [5.41, 5.74) is 1.63. The van der Waals surface area contributed by atoms with Gasteiger partial charge < -0.3 is 9.73 Å². The Morgan fingerprint density at radius 1 is 1.44 bits per heavy atom. The SMILES string of the molecule is Cc1cc(C(C)Nc2ncccc2C#N)c(C)o1. The van der Waals surface area contributed by atoms with Crippen molar-refractivity contribution in [1.82, 2.24) is 4.98 Å². The van der Waals surface area contributed by atoms with Gasteiger partial charge in [0.2, 0.25) is 0 Å². The van der Waals surface area contributed by atoms with E-state index in [-0.39, 0.29) is 6.04 Å². The smallest absolute Gasteiger partial charge is 0.144 e. The summed E-state index contributed by atoms with van der Waals surface area (Å²) >= 11 is 0. The molecule has 1 unspecified atom stereocenters. The van der Waals surface area contributed by atoms with Gasteiger partial charge in [-0.1, -0.05) is 0 Å². The van der Waals surface area contributed by atoms with Crippen LogP contribution in [-0.4, -0.2) is 4.98 Å². The van der Waals surface area contributed by atoms with E-state index in [4.69, 9.17) is 9.68 Å². The summed E-state index contributed by atoms with van der Waals surface area (Å²) in [5, 5.41) is 12.3. The zero-order valence-corrected chi connectivity index (χ0v) is 10.7. The fourth-order valence-electron chi connectivity index (χ4n) is 1.97. The summed E-state index contributed by atoms with van der Waals surface area (Å²) < 4.78 is 5.50. The Morgan fingerprint density at radius 2 is 2.22 bits per heavy atom. The second-order valence-corrected chi connectivity index (χ2v) is 4.25. The van der Waals surface area contributed by atoms with Gasteiger partial charge in [0, 0.05) is 11.8 Å². The highest BCUT2D eigenvalue weighted by Gasteiger charge is 2.14. The van der Waals surface area contributed by atoms with Crippen molar-refractivity contribution in [3.8, 4) is 6.07 Å². The maximum absolute atomic E-state index is 9.01. The number of nitrogens with one attached hydrogen (secondary N) is 1. The zero-order valence-electron chi connectivity index (χ0n) is 10.7. The van der Waals surface area contributed by atoms with Gasteiger partial charge in [0.05, 0.1) is 11.6 Å². The van der Waals surface area contributed by atoms with E-state index in [0.717, 1.165) is 17.1 Å². The van der Waals surface area contributed by atoms with Gasteiger partial charge >= 0.3 is 0 Å². The second kappa shape index (κ2) is 4.92. The molecule has 2 rings (SSSR count). The number of furan rings is 1. The fraction of sp³-hybridized carbons (Fsp3) is 0.286. The third-order valence-electron chi connectivity index (χ3n) is 2.83. The molecular weight excluding hydrogens is 226 g/mol. The lowest BCUT2D eigenvalue weighted by molar-refractivity contribution is 0.499. The number of nitriles is 1. The third kappa shape index (κ3) is 2.35. The van der Waals surface area contributed by atoms with Crippen LogP contribution in [0.4, 0.5) is 5.82 Å². The maximum Gasteiger partial charge on any atom is 0.144 e. The van der Waals surface area contributed by atoms with Gasteiger partial charge in [0.25, 0.3) is 0 Å². The Hall–Kier alpha value is -2.28. The van der Waals surface area contributed by atoms with Gasteiger partial charge in [0.15, 0.2) is 0 Å². The minimum absolute atomic E-state index is 0.0458. The predicted octanol–water partition coefficient (Wildman–Crippen LogP) is 3.34. The van der Waals surface area contributed by atoms with Crippen molar-refractivity contribution in [2.75, 3.05) is 5.32 Å². The number of rotatable bonds is 3. The van der Waals surface area contributed by atoms with Crippen LogP contribution in [0, 0.1) is 25.2 Å². The Labute approximate surface area is 106 Å². The van der Waals surface area contributed by atoms with E-state index in [1.165, 1.54) is 0 Å². The summed E-state index contributed by atoms with van der Waals surface area (Å²) in [6.45, 7) is 5.88. The van der Waals surface area contributed by atoms with Gasteiger partial charge in [-0.25, -0.2) is 4.98 Å². The molecule has 0 fully saturated rings. The number of aryl methyl sites for hydroxylation is 2. The number of hydrogen-bond donors (Lipinski definition) is 1. The van der Waals surface area contributed by atoms with E-state index in [2.05, 4.69) is 16.4 Å². The first kappa shape index (κ1) is 12.2. The van der Waals surface area contributed by atoms with Gasteiger partial charge in [0.1, 0.15) is 23.4 Å². The second-order valence-electron chi connectivity index (χ2n) is 4.25. The number of nitrogens with zero attached hydrogens (tertiary/aromatic N) is 2. The van der Waals surface area contributed by atoms with Crippen LogP contribution in [0.25, 0.3) is 0 Å². The van der Waals surface area contributed by atoms with Gasteiger partial charge in [-0.15, -0.1) is 0 Å². The van der Waals surface area contributed by atoms with Crippen LogP contribution >= 0.6 is 0 Å². The molecule has 0 aliphatic heterocycles. The maximum atomic E-state index is 9.01. The van der Waals surface area contributed by atoms with Crippen molar-refractivity contribution in [2.45, 2.75) is 26.8 Å². The molecule has 0 saturated carbocycles. The van der Waals surface area contributed by atoms with Crippen LogP contribution in [0.2, 0.25) is 0 Å². The molecule has 0 aromatic carbocycles. The molecule has 2 aromatic heterocycles. The van der Waals surface area contributed by atoms with Gasteiger partial charge in [-0.05, 0) is 39.0 Å². The zero-order chi connectivity index (χ0) is 13.1. The van der Waals surface area contributed by atoms with E-state index in [0.29, 0.717) is 11.4 Å². The van der Waals surface area contributed by atoms with Crippen molar-refractivity contribution in [1.29, 1.82) is 5.26 Å². The molecular formula is C14H15N3O. The van der Waals surface area contributed by atoms with Gasteiger partial charge in [-0.2, -0.15) is 5.26 Å². The third-order valence-corrected chi connectivity index (χ3v) is 2.83. The average molecular weight is 241 g/mol. The lowest BCUT2D eigenvalue weighted by atomic mass is 10.1. The Balaban J connectivity index is 2.24. The van der Waals surface area contributed by atoms with E-state index < -0.39 is 0 Å². The largest absolute Gasteiger partial charge is 0.466 e. The number of anilines is 1. The normalized spacial score (nSPS) is 11.9. The summed E-state index contributed by atoms with van der Waals surface area (Å²) in [6, 6.07) is 7.67. The standard InChI is InChI=1S/C14H15N3O/c1-9-7-13(11(3)18-9)10(2)17-14-12(8-15)5-4-6-16-14/h4-7,10H,1-3H3,(H,16,17). The summed E-state index contributed by atoms with van der Waals surface area (Å²) in [5.74, 6) is 2.38. The average Bonchev–Trinajstić information content (AvgIpc) is 2.69. The lowest BCUT2D eigenvalue weighted by Gasteiger charge is -2.14. The Bertz CT molecular complexity index is 595. The monoisotopic (exact) mass is 241 g/mol. The summed E-state index contributed by atoms with van der Waals surface area (Å²) in [4.78, 5) is 4.19. The molecule has 0 amide bonds. The first-order valence-corrected chi connectivity index (χ1v) is 5.80. The van der Waals surface area contributed by atoms with Crippen LogP contribution in [0.3, 0.4) is 0 Å². The summed E-state index contributed by atoms with van der Waals surface area (Å²) in [6.07, 6.45) is 1.67. The lowest BCUT2D eigenvalue weighted by Crippen LogP contribution is -2.09. The van der Waals surface area contributed by atoms with Crippen molar-refractivity contribution >= 4 is 5.82 Å². The van der Waals surface area contributed by atoms with Crippen molar-refractivity contribution < 1.29 is 4.42 Å². The first-order chi connectivity index (χ1) is 8.61. The molecule has 0 spiro atoms. The fourth-order valence-corrected chi connectivity index (χ4v) is 1.97. The Kier molecular flexibility index (Phi) is 3.33. The number of aromatic nitrogens is 1. The minimum Gasteiger partial charge on any atom is -0.466 e. The highest BCUT2D eigenvalue weighted by atomic mass is 16.3. The Morgan fingerprint density at radius 3 is 2.83 bits per heavy atom. The van der Waals surface area contributed by atoms with E-state index in [9.17, 15) is 0 Å². The molecule has 4 nitrogen and oxygen atoms in total. The molecule has 0 aliphatic carbocycles. The molecule has 0 bridgehead atoms. The van der Waals surface area contributed by atoms with Crippen molar-refractivity contribution in [2.24, 2.45) is 0 Å². The van der Waals surface area contributed by atoms with E-state index in [1.54, 1.807) is 18.3 Å². The molecule has 0 radical (unpaired) electrons. The number of pyridine rings is 1. The van der Waals surface area contributed by atoms with E-state index in [1.807, 2.05) is 26.8 Å². The summed E-state index contributed by atoms with van der Waals surface area (Å²) in [7, 11) is 0. The molecule has 4 heteroatoms. The molecule has 92 valence electrons. The topological polar surface area (TPSA) is 61.9 Å². The van der Waals surface area contributed by atoms with Crippen LogP contribution in [0.1, 0.15) is 35.6 Å². The quantitative estimate of drug-likeness (QED) is 0.895. The highest BCUT2D eigenvalue weighted by molar-refractivity contribution is 5.52. The van der Waals surface area contributed by atoms with Gasteiger partial charge in [-0.3, -0.25) is 0 Å². The molecule has 0 aliphatic rings. The molecule has 1 N–H and O–H groups in total. The molecule has 18 heavy (non-hydrogen) atoms. The molecule has 1 atom stereocenters. The first-order valence-electron chi connectivity index (χ1n) is 5.80. The molecule has 2 heterocycles. The van der Waals surface area contributed by atoms with Crippen LogP contribution in [0.5, 0.6) is 0 Å². The minimum atomic E-state index is 0.0458. The van der Waals surface area contributed by atoms with Crippen molar-refractivity contribution in [3.05, 3.63) is 47.0 Å². The molecule has 2 aromatic rings. The van der Waals surface area contributed by atoms with Crippen LogP contribution in [-0.2, 0) is 0 Å². The van der Waals surface area contributed by atoms with Crippen LogP contribution in [0.15, 0.2) is 28.8 Å². The predicted molar refractivity (Wildman–Crippen MR) is 69.2 cm³/mol. The van der Waals surface area contributed by atoms with Crippen molar-refractivity contribution in [3.63, 3.8) is 0 Å².